The highest BCUT2D eigenvalue weighted by molar-refractivity contribution is 6.30. The minimum absolute atomic E-state index is 0.0943. The van der Waals surface area contributed by atoms with Gasteiger partial charge in [0.05, 0.1) is 6.61 Å². The van der Waals surface area contributed by atoms with E-state index in [1.54, 1.807) is 28.8 Å². The minimum Gasteiger partial charge on any atom is -0.442 e. The van der Waals surface area contributed by atoms with E-state index in [0.717, 1.165) is 5.56 Å². The van der Waals surface area contributed by atoms with E-state index < -0.39 is 11.1 Å². The predicted molar refractivity (Wildman–Crippen MR) is 90.1 cm³/mol. The molecular formula is C16H16ClN3O6. The molecule has 0 spiro atoms. The van der Waals surface area contributed by atoms with Crippen molar-refractivity contribution in [3.05, 3.63) is 51.2 Å². The average molecular weight is 382 g/mol. The Balaban J connectivity index is 1.38. The van der Waals surface area contributed by atoms with Crippen molar-refractivity contribution in [3.63, 3.8) is 0 Å². The van der Waals surface area contributed by atoms with Crippen LogP contribution in [0.5, 0.6) is 6.01 Å². The van der Waals surface area contributed by atoms with Crippen LogP contribution in [0.2, 0.25) is 5.02 Å². The summed E-state index contributed by atoms with van der Waals surface area (Å²) < 4.78 is 17.2. The highest BCUT2D eigenvalue weighted by Gasteiger charge is 2.28. The lowest BCUT2D eigenvalue weighted by atomic mass is 10.2. The van der Waals surface area contributed by atoms with Crippen LogP contribution >= 0.6 is 11.6 Å². The van der Waals surface area contributed by atoms with Crippen molar-refractivity contribution < 1.29 is 23.9 Å². The van der Waals surface area contributed by atoms with Crippen LogP contribution < -0.4 is 4.74 Å². The standard InChI is InChI=1S/C16H16ClN3O6/c17-12-3-1-11(2-4-12)10-25-16(21)24-8-6-13-5-7-19-9-14(20(22)23)18-15(19)26-13/h1-4,9,13H,5-8,10H2/t13-/m1/s1. The van der Waals surface area contributed by atoms with E-state index in [9.17, 15) is 14.9 Å². The lowest BCUT2D eigenvalue weighted by molar-refractivity contribution is -0.389. The van der Waals surface area contributed by atoms with Gasteiger partial charge in [-0.1, -0.05) is 23.7 Å². The van der Waals surface area contributed by atoms with Crippen molar-refractivity contribution in [1.29, 1.82) is 0 Å². The lowest BCUT2D eigenvalue weighted by Crippen LogP contribution is -2.27. The molecule has 0 radical (unpaired) electrons. The molecule has 0 N–H and O–H groups in total. The van der Waals surface area contributed by atoms with Crippen LogP contribution in [-0.2, 0) is 22.6 Å². The second kappa shape index (κ2) is 8.05. The van der Waals surface area contributed by atoms with Crippen molar-refractivity contribution in [3.8, 4) is 6.01 Å². The maximum absolute atomic E-state index is 11.6. The smallest absolute Gasteiger partial charge is 0.442 e. The highest BCUT2D eigenvalue weighted by Crippen LogP contribution is 2.25. The number of nitrogens with zero attached hydrogens (tertiary/aromatic N) is 3. The monoisotopic (exact) mass is 381 g/mol. The van der Waals surface area contributed by atoms with Gasteiger partial charge in [-0.15, -0.1) is 0 Å². The Morgan fingerprint density at radius 2 is 2.15 bits per heavy atom. The summed E-state index contributed by atoms with van der Waals surface area (Å²) in [6, 6.07) is 7.14. The van der Waals surface area contributed by atoms with E-state index in [4.69, 9.17) is 25.8 Å². The van der Waals surface area contributed by atoms with E-state index in [1.807, 2.05) is 0 Å². The van der Waals surface area contributed by atoms with E-state index in [-0.39, 0.29) is 31.1 Å². The molecule has 0 bridgehead atoms. The lowest BCUT2D eigenvalue weighted by Gasteiger charge is -2.21. The number of benzene rings is 1. The Kier molecular flexibility index (Phi) is 5.57. The van der Waals surface area contributed by atoms with Gasteiger partial charge in [0.1, 0.15) is 18.9 Å². The highest BCUT2D eigenvalue weighted by atomic mass is 35.5. The number of aryl methyl sites for hydroxylation is 1. The number of carbonyl (C=O) groups excluding carboxylic acids is 1. The molecule has 1 atom stereocenters. The molecule has 1 aliphatic heterocycles. The Labute approximate surface area is 153 Å². The first-order valence-corrected chi connectivity index (χ1v) is 8.31. The molecule has 0 aliphatic carbocycles. The molecule has 138 valence electrons. The molecule has 10 heteroatoms. The number of carbonyl (C=O) groups is 1. The number of hydrogen-bond donors (Lipinski definition) is 0. The Hall–Kier alpha value is -2.81. The second-order valence-corrected chi connectivity index (χ2v) is 6.10. The summed E-state index contributed by atoms with van der Waals surface area (Å²) >= 11 is 5.78. The van der Waals surface area contributed by atoms with Crippen LogP contribution in [0.3, 0.4) is 0 Å². The topological polar surface area (TPSA) is 106 Å². The van der Waals surface area contributed by atoms with E-state index in [1.165, 1.54) is 6.20 Å². The molecule has 2 aromatic rings. The number of halogens is 1. The van der Waals surface area contributed by atoms with E-state index in [2.05, 4.69) is 4.98 Å². The first-order chi connectivity index (χ1) is 12.5. The predicted octanol–water partition coefficient (Wildman–Crippen LogP) is 3.34. The summed E-state index contributed by atoms with van der Waals surface area (Å²) in [5.74, 6) is -0.248. The number of imidazole rings is 1. The first kappa shape index (κ1) is 18.0. The molecule has 9 nitrogen and oxygen atoms in total. The molecule has 26 heavy (non-hydrogen) atoms. The maximum atomic E-state index is 11.6. The van der Waals surface area contributed by atoms with Gasteiger partial charge in [-0.2, -0.15) is 0 Å². The minimum atomic E-state index is -0.770. The molecule has 3 rings (SSSR count). The van der Waals surface area contributed by atoms with E-state index >= 15 is 0 Å². The van der Waals surface area contributed by atoms with Crippen LogP contribution in [0.1, 0.15) is 18.4 Å². The van der Waals surface area contributed by atoms with E-state index in [0.29, 0.717) is 24.4 Å². The Bertz CT molecular complexity index is 792. The third-order valence-corrected chi connectivity index (χ3v) is 4.06. The Morgan fingerprint density at radius 1 is 1.38 bits per heavy atom. The van der Waals surface area contributed by atoms with Gasteiger partial charge in [0.2, 0.25) is 0 Å². The zero-order valence-electron chi connectivity index (χ0n) is 13.7. The van der Waals surface area contributed by atoms with Crippen molar-refractivity contribution in [1.82, 2.24) is 9.55 Å². The van der Waals surface area contributed by atoms with Gasteiger partial charge in [0.25, 0.3) is 0 Å². The third kappa shape index (κ3) is 4.63. The molecule has 1 aromatic heterocycles. The van der Waals surface area contributed by atoms with Crippen molar-refractivity contribution >= 4 is 23.6 Å². The fraction of sp³-hybridized carbons (Fsp3) is 0.375. The molecule has 0 unspecified atom stereocenters. The van der Waals surface area contributed by atoms with Crippen molar-refractivity contribution in [2.24, 2.45) is 0 Å². The molecule has 1 aliphatic rings. The number of nitro groups is 1. The van der Waals surface area contributed by atoms with Crippen LogP contribution in [0.15, 0.2) is 30.5 Å². The summed E-state index contributed by atoms with van der Waals surface area (Å²) in [7, 11) is 0. The van der Waals surface area contributed by atoms with Gasteiger partial charge in [0.15, 0.2) is 0 Å². The fourth-order valence-corrected chi connectivity index (χ4v) is 2.59. The van der Waals surface area contributed by atoms with Crippen molar-refractivity contribution in [2.45, 2.75) is 32.1 Å². The number of hydrogen-bond acceptors (Lipinski definition) is 7. The van der Waals surface area contributed by atoms with Crippen LogP contribution in [0.4, 0.5) is 10.6 Å². The van der Waals surface area contributed by atoms with Crippen LogP contribution in [-0.4, -0.2) is 33.3 Å². The summed E-state index contributed by atoms with van der Waals surface area (Å²) in [6.45, 7) is 0.770. The maximum Gasteiger partial charge on any atom is 0.508 e. The van der Waals surface area contributed by atoms with Crippen LogP contribution in [0.25, 0.3) is 0 Å². The van der Waals surface area contributed by atoms with Gasteiger partial charge in [-0.3, -0.25) is 4.57 Å². The molecule has 1 aromatic carbocycles. The van der Waals surface area contributed by atoms with Crippen LogP contribution in [0, 0.1) is 10.1 Å². The molecule has 0 saturated heterocycles. The van der Waals surface area contributed by atoms with Gasteiger partial charge in [-0.25, -0.2) is 4.79 Å². The zero-order chi connectivity index (χ0) is 18.5. The number of ether oxygens (including phenoxy) is 3. The zero-order valence-corrected chi connectivity index (χ0v) is 14.4. The molecule has 2 heterocycles. The third-order valence-electron chi connectivity index (χ3n) is 3.81. The molecule has 0 amide bonds. The number of fused-ring (bicyclic) bond motifs is 1. The summed E-state index contributed by atoms with van der Waals surface area (Å²) in [4.78, 5) is 25.6. The first-order valence-electron chi connectivity index (χ1n) is 7.93. The largest absolute Gasteiger partial charge is 0.508 e. The van der Waals surface area contributed by atoms with Gasteiger partial charge >= 0.3 is 18.0 Å². The second-order valence-electron chi connectivity index (χ2n) is 5.66. The Morgan fingerprint density at radius 3 is 2.88 bits per heavy atom. The summed E-state index contributed by atoms with van der Waals surface area (Å²) in [5.41, 5.74) is 0.801. The molecular weight excluding hydrogens is 366 g/mol. The molecule has 0 saturated carbocycles. The average Bonchev–Trinajstić information content (AvgIpc) is 3.05. The normalized spacial score (nSPS) is 15.7. The van der Waals surface area contributed by atoms with Gasteiger partial charge in [-0.05, 0) is 22.6 Å². The molecule has 0 fully saturated rings. The fourth-order valence-electron chi connectivity index (χ4n) is 2.46. The summed E-state index contributed by atoms with van der Waals surface area (Å²) in [5, 5.41) is 11.3. The quantitative estimate of drug-likeness (QED) is 0.429. The van der Waals surface area contributed by atoms with Crippen molar-refractivity contribution in [2.75, 3.05) is 6.61 Å². The van der Waals surface area contributed by atoms with Gasteiger partial charge < -0.3 is 24.3 Å². The number of aromatic nitrogens is 2. The summed E-state index contributed by atoms with van der Waals surface area (Å²) in [6.07, 6.45) is 1.43. The number of rotatable bonds is 6. The SMILES string of the molecule is O=C(OCC[C@H]1CCn2cc([N+](=O)[O-])nc2O1)OCc1ccc(Cl)cc1. The van der Waals surface area contributed by atoms with Gasteiger partial charge in [0, 0.05) is 29.4 Å².